The minimum Gasteiger partial charge on any atom is -0.507 e. The predicted molar refractivity (Wildman–Crippen MR) is 158 cm³/mol. The van der Waals surface area contributed by atoms with Crippen LogP contribution in [0.3, 0.4) is 0 Å². The molecule has 0 bridgehead atoms. The summed E-state index contributed by atoms with van der Waals surface area (Å²) in [5.41, 5.74) is 5.07. The Morgan fingerprint density at radius 3 is 1.37 bits per heavy atom. The van der Waals surface area contributed by atoms with Crippen LogP contribution in [0.1, 0.15) is 11.1 Å². The normalized spacial score (nSPS) is 10.9. The van der Waals surface area contributed by atoms with Gasteiger partial charge in [-0.05, 0) is 53.9 Å². The van der Waals surface area contributed by atoms with Crippen molar-refractivity contribution in [3.63, 3.8) is 0 Å². The fourth-order valence-corrected chi connectivity index (χ4v) is 4.77. The molecule has 0 radical (unpaired) electrons. The number of aromatic amines is 2. The van der Waals surface area contributed by atoms with Crippen LogP contribution in [-0.4, -0.2) is 30.1 Å². The van der Waals surface area contributed by atoms with Gasteiger partial charge in [0.2, 0.25) is 0 Å². The molecular formula is C33H24N4O4. The van der Waals surface area contributed by atoms with Gasteiger partial charge in [-0.25, -0.2) is 9.59 Å². The van der Waals surface area contributed by atoms with E-state index in [9.17, 15) is 19.8 Å². The van der Waals surface area contributed by atoms with Crippen molar-refractivity contribution in [1.82, 2.24) is 19.9 Å². The number of hydrogen-bond donors (Lipinski definition) is 4. The molecule has 2 aromatic heterocycles. The molecule has 8 nitrogen and oxygen atoms in total. The van der Waals surface area contributed by atoms with Crippen molar-refractivity contribution in [2.45, 2.75) is 6.42 Å². The largest absolute Gasteiger partial charge is 0.507 e. The maximum absolute atomic E-state index is 12.4. The Morgan fingerprint density at radius 2 is 0.951 bits per heavy atom. The molecular weight excluding hydrogens is 516 g/mol. The number of H-pyrrole nitrogens is 2. The van der Waals surface area contributed by atoms with Gasteiger partial charge in [-0.2, -0.15) is 9.97 Å². The molecule has 6 aromatic rings. The minimum absolute atomic E-state index is 0.0174. The third kappa shape index (κ3) is 5.53. The monoisotopic (exact) mass is 540 g/mol. The van der Waals surface area contributed by atoms with Gasteiger partial charge in [-0.3, -0.25) is 0 Å². The van der Waals surface area contributed by atoms with Gasteiger partial charge in [0.15, 0.2) is 0 Å². The van der Waals surface area contributed by atoms with E-state index in [0.29, 0.717) is 40.3 Å². The summed E-state index contributed by atoms with van der Waals surface area (Å²) in [4.78, 5) is 38.4. The summed E-state index contributed by atoms with van der Waals surface area (Å²) in [5, 5.41) is 21.3. The van der Waals surface area contributed by atoms with Crippen molar-refractivity contribution < 1.29 is 10.2 Å². The second kappa shape index (κ2) is 10.8. The van der Waals surface area contributed by atoms with E-state index in [1.165, 1.54) is 0 Å². The average Bonchev–Trinajstić information content (AvgIpc) is 2.99. The van der Waals surface area contributed by atoms with Crippen LogP contribution in [0, 0.1) is 0 Å². The first-order chi connectivity index (χ1) is 19.9. The summed E-state index contributed by atoms with van der Waals surface area (Å²) in [7, 11) is 0. The van der Waals surface area contributed by atoms with Crippen molar-refractivity contribution in [3.05, 3.63) is 141 Å². The van der Waals surface area contributed by atoms with Crippen LogP contribution in [0.25, 0.3) is 45.0 Å². The quantitative estimate of drug-likeness (QED) is 0.220. The number of nitrogens with one attached hydrogen (secondary N) is 2. The molecule has 0 spiro atoms. The minimum atomic E-state index is -0.518. The van der Waals surface area contributed by atoms with Crippen molar-refractivity contribution >= 4 is 0 Å². The molecule has 0 aliphatic rings. The van der Waals surface area contributed by atoms with Crippen molar-refractivity contribution in [2.75, 3.05) is 0 Å². The summed E-state index contributed by atoms with van der Waals surface area (Å²) >= 11 is 0. The molecule has 0 saturated heterocycles. The Hall–Kier alpha value is -5.76. The lowest BCUT2D eigenvalue weighted by Crippen LogP contribution is -2.12. The second-order valence-electron chi connectivity index (χ2n) is 9.58. The Balaban J connectivity index is 1.35. The SMILES string of the molecule is O=c1nc(-c2ccccc2)cc(-c2cc(Cc3ccc(O)c(-c4cc(-c5ccccc5)nc(=O)[nH]4)c3)ccc2O)[nH]1. The Kier molecular flexibility index (Phi) is 6.71. The average molecular weight is 541 g/mol. The number of hydrogen-bond acceptors (Lipinski definition) is 6. The Morgan fingerprint density at radius 1 is 0.537 bits per heavy atom. The van der Waals surface area contributed by atoms with Crippen molar-refractivity contribution in [2.24, 2.45) is 0 Å². The van der Waals surface area contributed by atoms with E-state index in [1.54, 1.807) is 36.4 Å². The van der Waals surface area contributed by atoms with Crippen LogP contribution in [0.15, 0.2) is 119 Å². The summed E-state index contributed by atoms with van der Waals surface area (Å²) in [6.07, 6.45) is 0.461. The van der Waals surface area contributed by atoms with Gasteiger partial charge in [-0.1, -0.05) is 72.8 Å². The molecule has 0 aliphatic heterocycles. The standard InChI is InChI=1S/C33H24N4O4/c38-30-13-11-20(16-24(30)28-18-26(34-32(40)36-28)22-7-3-1-4-8-22)15-21-12-14-31(39)25(17-21)29-19-27(35-33(41)37-29)23-9-5-2-6-10-23/h1-14,16-19,38-39H,15H2,(H,34,36,40)(H,35,37,41). The summed E-state index contributed by atoms with van der Waals surface area (Å²) in [6.45, 7) is 0. The van der Waals surface area contributed by atoms with Crippen LogP contribution >= 0.6 is 0 Å². The molecule has 2 heterocycles. The topological polar surface area (TPSA) is 132 Å². The fraction of sp³-hybridized carbons (Fsp3) is 0.0303. The molecule has 8 heteroatoms. The molecule has 4 aromatic carbocycles. The molecule has 0 aliphatic carbocycles. The second-order valence-corrected chi connectivity index (χ2v) is 9.58. The number of phenolic OH excluding ortho intramolecular Hbond substituents is 2. The first kappa shape index (κ1) is 25.5. The highest BCUT2D eigenvalue weighted by atomic mass is 16.3. The molecule has 0 amide bonds. The van der Waals surface area contributed by atoms with Gasteiger partial charge in [0.25, 0.3) is 0 Å². The molecule has 41 heavy (non-hydrogen) atoms. The van der Waals surface area contributed by atoms with E-state index >= 15 is 0 Å². The first-order valence-electron chi connectivity index (χ1n) is 12.9. The van der Waals surface area contributed by atoms with E-state index in [2.05, 4.69) is 19.9 Å². The highest BCUT2D eigenvalue weighted by molar-refractivity contribution is 5.73. The lowest BCUT2D eigenvalue weighted by atomic mass is 9.97. The summed E-state index contributed by atoms with van der Waals surface area (Å²) in [5.74, 6) is 0.0348. The number of benzene rings is 4. The zero-order valence-electron chi connectivity index (χ0n) is 21.7. The zero-order chi connectivity index (χ0) is 28.3. The lowest BCUT2D eigenvalue weighted by molar-refractivity contribution is 0.476. The van der Waals surface area contributed by atoms with Crippen molar-refractivity contribution in [1.29, 1.82) is 0 Å². The predicted octanol–water partition coefficient (Wildman–Crippen LogP) is 5.52. The molecule has 0 fully saturated rings. The number of nitrogens with zero attached hydrogens (tertiary/aromatic N) is 2. The number of phenols is 2. The van der Waals surface area contributed by atoms with E-state index in [-0.39, 0.29) is 11.5 Å². The first-order valence-corrected chi connectivity index (χ1v) is 12.9. The third-order valence-electron chi connectivity index (χ3n) is 6.74. The van der Waals surface area contributed by atoms with E-state index in [0.717, 1.165) is 22.3 Å². The molecule has 200 valence electrons. The molecule has 6 rings (SSSR count). The van der Waals surface area contributed by atoms with Crippen molar-refractivity contribution in [3.8, 4) is 56.5 Å². The molecule has 0 unspecified atom stereocenters. The number of aromatic hydroxyl groups is 2. The third-order valence-corrected chi connectivity index (χ3v) is 6.74. The van der Waals surface area contributed by atoms with E-state index in [4.69, 9.17) is 0 Å². The van der Waals surface area contributed by atoms with Gasteiger partial charge in [0.05, 0.1) is 22.8 Å². The van der Waals surface area contributed by atoms with Crippen LogP contribution in [0.5, 0.6) is 11.5 Å². The number of rotatable bonds is 6. The highest BCUT2D eigenvalue weighted by Crippen LogP contribution is 2.33. The fourth-order valence-electron chi connectivity index (χ4n) is 4.77. The molecule has 0 atom stereocenters. The Labute approximate surface area is 234 Å². The molecule has 4 N–H and O–H groups in total. The van der Waals surface area contributed by atoms with E-state index < -0.39 is 11.4 Å². The highest BCUT2D eigenvalue weighted by Gasteiger charge is 2.13. The number of aromatic nitrogens is 4. The van der Waals surface area contributed by atoms with Gasteiger partial charge in [0, 0.05) is 22.3 Å². The maximum atomic E-state index is 12.4. The summed E-state index contributed by atoms with van der Waals surface area (Å²) in [6, 6.07) is 32.5. The van der Waals surface area contributed by atoms with Crippen LogP contribution in [0.4, 0.5) is 0 Å². The van der Waals surface area contributed by atoms with Crippen LogP contribution in [-0.2, 0) is 6.42 Å². The Bertz CT molecular complexity index is 1840. The zero-order valence-corrected chi connectivity index (χ0v) is 21.7. The summed E-state index contributed by atoms with van der Waals surface area (Å²) < 4.78 is 0. The lowest BCUT2D eigenvalue weighted by Gasteiger charge is -2.12. The maximum Gasteiger partial charge on any atom is 0.345 e. The smallest absolute Gasteiger partial charge is 0.345 e. The van der Waals surface area contributed by atoms with Crippen LogP contribution in [0.2, 0.25) is 0 Å². The van der Waals surface area contributed by atoms with Gasteiger partial charge in [-0.15, -0.1) is 0 Å². The van der Waals surface area contributed by atoms with E-state index in [1.807, 2.05) is 72.8 Å². The van der Waals surface area contributed by atoms with Gasteiger partial charge < -0.3 is 20.2 Å². The van der Waals surface area contributed by atoms with Gasteiger partial charge >= 0.3 is 11.4 Å². The molecule has 0 saturated carbocycles. The van der Waals surface area contributed by atoms with Gasteiger partial charge in [0.1, 0.15) is 11.5 Å². The van der Waals surface area contributed by atoms with Crippen LogP contribution < -0.4 is 11.4 Å².